The van der Waals surface area contributed by atoms with Crippen LogP contribution >= 0.6 is 0 Å². The van der Waals surface area contributed by atoms with Crippen molar-refractivity contribution in [1.82, 2.24) is 24.7 Å². The molecule has 1 saturated carbocycles. The third-order valence-corrected chi connectivity index (χ3v) is 5.55. The van der Waals surface area contributed by atoms with Crippen LogP contribution in [0.3, 0.4) is 0 Å². The first-order chi connectivity index (χ1) is 14.4. The maximum Gasteiger partial charge on any atom is 0.287 e. The maximum atomic E-state index is 13.8. The third-order valence-electron chi connectivity index (χ3n) is 5.55. The molecule has 1 aliphatic heterocycles. The zero-order valence-electron chi connectivity index (χ0n) is 16.4. The molecule has 1 atom stereocenters. The molecule has 30 heavy (non-hydrogen) atoms. The predicted octanol–water partition coefficient (Wildman–Crippen LogP) is 2.21. The van der Waals surface area contributed by atoms with Gasteiger partial charge in [0, 0.05) is 42.9 Å². The SMILES string of the molecule is Cn1ncc(COC2CNCC2(F)F)c1-c1ccn2nc(NC(=O)C3CC3)cc2c1. The van der Waals surface area contributed by atoms with Crippen molar-refractivity contribution in [2.45, 2.75) is 31.5 Å². The van der Waals surface area contributed by atoms with Gasteiger partial charge < -0.3 is 15.4 Å². The van der Waals surface area contributed by atoms with Crippen LogP contribution in [0.15, 0.2) is 30.6 Å². The number of fused-ring (bicyclic) bond motifs is 1. The van der Waals surface area contributed by atoms with E-state index in [1.54, 1.807) is 34.7 Å². The summed E-state index contributed by atoms with van der Waals surface area (Å²) in [5.74, 6) is -2.26. The molecular formula is C20H22F2N6O2. The molecule has 1 unspecified atom stereocenters. The van der Waals surface area contributed by atoms with Crippen molar-refractivity contribution in [1.29, 1.82) is 0 Å². The molecule has 158 valence electrons. The second-order valence-electron chi connectivity index (χ2n) is 7.91. The number of amides is 1. The number of nitrogens with zero attached hydrogens (tertiary/aromatic N) is 4. The van der Waals surface area contributed by atoms with Crippen molar-refractivity contribution in [3.63, 3.8) is 0 Å². The molecule has 2 aliphatic rings. The minimum absolute atomic E-state index is 0.00269. The number of nitrogens with one attached hydrogen (secondary N) is 2. The Hall–Kier alpha value is -2.85. The van der Waals surface area contributed by atoms with Crippen molar-refractivity contribution in [3.8, 4) is 11.3 Å². The summed E-state index contributed by atoms with van der Waals surface area (Å²) in [4.78, 5) is 12.0. The lowest BCUT2D eigenvalue weighted by Gasteiger charge is -2.18. The lowest BCUT2D eigenvalue weighted by atomic mass is 10.1. The number of halogens is 2. The number of carbonyl (C=O) groups excluding carboxylic acids is 1. The number of pyridine rings is 1. The Bertz CT molecular complexity index is 1100. The highest BCUT2D eigenvalue weighted by molar-refractivity contribution is 5.93. The van der Waals surface area contributed by atoms with Gasteiger partial charge in [0.05, 0.1) is 30.6 Å². The number of rotatable bonds is 6. The fraction of sp³-hybridized carbons (Fsp3) is 0.450. The van der Waals surface area contributed by atoms with Crippen LogP contribution in [0.4, 0.5) is 14.6 Å². The molecule has 4 heterocycles. The number of ether oxygens (including phenoxy) is 1. The van der Waals surface area contributed by atoms with Gasteiger partial charge in [-0.25, -0.2) is 13.3 Å². The summed E-state index contributed by atoms with van der Waals surface area (Å²) < 4.78 is 36.5. The highest BCUT2D eigenvalue weighted by Crippen LogP contribution is 2.31. The Balaban J connectivity index is 1.38. The molecule has 8 nitrogen and oxygen atoms in total. The second kappa shape index (κ2) is 7.13. The minimum atomic E-state index is -2.87. The molecule has 2 N–H and O–H groups in total. The first-order valence-corrected chi connectivity index (χ1v) is 9.92. The monoisotopic (exact) mass is 416 g/mol. The van der Waals surface area contributed by atoms with Gasteiger partial charge in [0.15, 0.2) is 5.82 Å². The molecule has 10 heteroatoms. The van der Waals surface area contributed by atoms with Crippen molar-refractivity contribution in [3.05, 3.63) is 36.2 Å². The van der Waals surface area contributed by atoms with Gasteiger partial charge in [-0.1, -0.05) is 0 Å². The largest absolute Gasteiger partial charge is 0.366 e. The third kappa shape index (κ3) is 3.56. The molecule has 1 amide bonds. The summed E-state index contributed by atoms with van der Waals surface area (Å²) >= 11 is 0. The molecule has 5 rings (SSSR count). The van der Waals surface area contributed by atoms with Crippen LogP contribution in [0.2, 0.25) is 0 Å². The van der Waals surface area contributed by atoms with Crippen LogP contribution in [0.1, 0.15) is 18.4 Å². The van der Waals surface area contributed by atoms with E-state index >= 15 is 0 Å². The highest BCUT2D eigenvalue weighted by Gasteiger charge is 2.45. The molecule has 0 spiro atoms. The predicted molar refractivity (Wildman–Crippen MR) is 105 cm³/mol. The molecule has 3 aromatic heterocycles. The number of anilines is 1. The number of alkyl halides is 2. The van der Waals surface area contributed by atoms with Gasteiger partial charge in [-0.3, -0.25) is 9.48 Å². The summed E-state index contributed by atoms with van der Waals surface area (Å²) in [7, 11) is 1.80. The zero-order valence-corrected chi connectivity index (χ0v) is 16.4. The number of hydrogen-bond acceptors (Lipinski definition) is 5. The quantitative estimate of drug-likeness (QED) is 0.644. The number of hydrogen-bond donors (Lipinski definition) is 2. The molecule has 1 aliphatic carbocycles. The minimum Gasteiger partial charge on any atom is -0.366 e. The van der Waals surface area contributed by atoms with Gasteiger partial charge in [0.2, 0.25) is 5.91 Å². The van der Waals surface area contributed by atoms with E-state index in [4.69, 9.17) is 4.74 Å². The van der Waals surface area contributed by atoms with Crippen LogP contribution in [0, 0.1) is 5.92 Å². The lowest BCUT2D eigenvalue weighted by molar-refractivity contribution is -0.117. The van der Waals surface area contributed by atoms with E-state index in [9.17, 15) is 13.6 Å². The number of aromatic nitrogens is 4. The van der Waals surface area contributed by atoms with E-state index in [2.05, 4.69) is 20.8 Å². The van der Waals surface area contributed by atoms with Crippen molar-refractivity contribution < 1.29 is 18.3 Å². The van der Waals surface area contributed by atoms with Crippen molar-refractivity contribution in [2.24, 2.45) is 13.0 Å². The van der Waals surface area contributed by atoms with Crippen LogP contribution in [-0.4, -0.2) is 50.4 Å². The highest BCUT2D eigenvalue weighted by atomic mass is 19.3. The average molecular weight is 416 g/mol. The van der Waals surface area contributed by atoms with E-state index in [1.807, 2.05) is 12.1 Å². The van der Waals surface area contributed by atoms with Gasteiger partial charge in [-0.2, -0.15) is 10.2 Å². The van der Waals surface area contributed by atoms with Gasteiger partial charge in [0.1, 0.15) is 6.10 Å². The van der Waals surface area contributed by atoms with E-state index < -0.39 is 12.0 Å². The molecular weight excluding hydrogens is 394 g/mol. The Labute approximate surface area is 171 Å². The van der Waals surface area contributed by atoms with Crippen molar-refractivity contribution >= 4 is 17.2 Å². The Morgan fingerprint density at radius 3 is 2.97 bits per heavy atom. The second-order valence-corrected chi connectivity index (χ2v) is 7.91. The fourth-order valence-corrected chi connectivity index (χ4v) is 3.74. The summed E-state index contributed by atoms with van der Waals surface area (Å²) in [5.41, 5.74) is 3.18. The molecule has 0 radical (unpaired) electrons. The Kier molecular flexibility index (Phi) is 4.55. The summed E-state index contributed by atoms with van der Waals surface area (Å²) in [5, 5.41) is 14.2. The van der Waals surface area contributed by atoms with Crippen LogP contribution < -0.4 is 10.6 Å². The lowest BCUT2D eigenvalue weighted by Crippen LogP contribution is -2.33. The maximum absolute atomic E-state index is 13.8. The molecule has 3 aromatic rings. The van der Waals surface area contributed by atoms with E-state index in [0.717, 1.165) is 35.2 Å². The summed E-state index contributed by atoms with van der Waals surface area (Å²) in [6.07, 6.45) is 4.14. The van der Waals surface area contributed by atoms with Gasteiger partial charge in [0.25, 0.3) is 5.92 Å². The summed E-state index contributed by atoms with van der Waals surface area (Å²) in [6, 6.07) is 5.60. The van der Waals surface area contributed by atoms with E-state index in [0.29, 0.717) is 5.82 Å². The van der Waals surface area contributed by atoms with E-state index in [-0.39, 0.29) is 31.5 Å². The Morgan fingerprint density at radius 1 is 1.40 bits per heavy atom. The summed E-state index contributed by atoms with van der Waals surface area (Å²) in [6.45, 7) is -0.201. The molecule has 0 bridgehead atoms. The van der Waals surface area contributed by atoms with Gasteiger partial charge in [-0.15, -0.1) is 0 Å². The Morgan fingerprint density at radius 2 is 2.23 bits per heavy atom. The van der Waals surface area contributed by atoms with Crippen LogP contribution in [0.25, 0.3) is 16.8 Å². The number of carbonyl (C=O) groups is 1. The molecule has 2 fully saturated rings. The first kappa shape index (κ1) is 19.1. The average Bonchev–Trinajstić information content (AvgIpc) is 3.27. The zero-order chi connectivity index (χ0) is 20.9. The van der Waals surface area contributed by atoms with Gasteiger partial charge in [-0.05, 0) is 25.0 Å². The van der Waals surface area contributed by atoms with Crippen LogP contribution in [-0.2, 0) is 23.2 Å². The topological polar surface area (TPSA) is 85.5 Å². The van der Waals surface area contributed by atoms with Crippen molar-refractivity contribution in [2.75, 3.05) is 18.4 Å². The first-order valence-electron chi connectivity index (χ1n) is 9.92. The fourth-order valence-electron chi connectivity index (χ4n) is 3.74. The number of aryl methyl sites for hydroxylation is 1. The van der Waals surface area contributed by atoms with Gasteiger partial charge >= 0.3 is 0 Å². The standard InChI is InChI=1S/C20H22F2N6O2/c1-27-18(14(8-24-27)10-30-16-9-23-11-20(16,21)22)13-4-5-28-15(6-13)7-17(26-28)25-19(29)12-2-3-12/h4-8,12,16,23H,2-3,9-11H2,1H3,(H,25,26,29). The normalized spacial score (nSPS) is 20.7. The smallest absolute Gasteiger partial charge is 0.287 e. The van der Waals surface area contributed by atoms with E-state index in [1.165, 1.54) is 0 Å². The van der Waals surface area contributed by atoms with Crippen LogP contribution in [0.5, 0.6) is 0 Å². The molecule has 1 saturated heterocycles. The molecule has 0 aromatic carbocycles.